The van der Waals surface area contributed by atoms with E-state index in [1.165, 1.54) is 0 Å². The van der Waals surface area contributed by atoms with Crippen molar-refractivity contribution in [3.8, 4) is 11.5 Å². The first-order valence-corrected chi connectivity index (χ1v) is 7.26. The summed E-state index contributed by atoms with van der Waals surface area (Å²) in [5, 5.41) is 16.9. The molecule has 1 atom stereocenters. The number of phenolic OH excluding ortho intramolecular Hbond substituents is 1. The van der Waals surface area contributed by atoms with Crippen molar-refractivity contribution >= 4 is 12.4 Å². The molecule has 118 valence electrons. The van der Waals surface area contributed by atoms with Crippen molar-refractivity contribution in [1.29, 1.82) is 0 Å². The fourth-order valence-electron chi connectivity index (χ4n) is 2.52. The number of ether oxygens (including phenoxy) is 1. The Kier molecular flexibility index (Phi) is 6.07. The molecule has 0 aromatic heterocycles. The number of benzene rings is 2. The Balaban J connectivity index is 0.00000176. The average molecular weight is 321 g/mol. The van der Waals surface area contributed by atoms with Gasteiger partial charge in [-0.1, -0.05) is 36.4 Å². The summed E-state index contributed by atoms with van der Waals surface area (Å²) in [6, 6.07) is 15.7. The molecule has 1 fully saturated rings. The van der Waals surface area contributed by atoms with Gasteiger partial charge < -0.3 is 20.5 Å². The minimum atomic E-state index is 0. The van der Waals surface area contributed by atoms with Crippen LogP contribution in [0.15, 0.2) is 48.5 Å². The van der Waals surface area contributed by atoms with E-state index in [4.69, 9.17) is 4.74 Å². The fourth-order valence-corrected chi connectivity index (χ4v) is 2.52. The molecular formula is C17H21ClN2O2. The molecule has 1 saturated heterocycles. The van der Waals surface area contributed by atoms with Crippen LogP contribution >= 0.6 is 12.4 Å². The van der Waals surface area contributed by atoms with Crippen molar-refractivity contribution in [3.63, 3.8) is 0 Å². The van der Waals surface area contributed by atoms with Crippen molar-refractivity contribution in [2.24, 2.45) is 0 Å². The smallest absolute Gasteiger partial charge is 0.124 e. The highest BCUT2D eigenvalue weighted by molar-refractivity contribution is 5.85. The number of phenols is 1. The van der Waals surface area contributed by atoms with Gasteiger partial charge in [0.1, 0.15) is 18.1 Å². The van der Waals surface area contributed by atoms with Gasteiger partial charge in [-0.05, 0) is 11.6 Å². The third-order valence-electron chi connectivity index (χ3n) is 3.67. The van der Waals surface area contributed by atoms with Crippen molar-refractivity contribution in [2.75, 3.05) is 19.6 Å². The number of hydrogen-bond acceptors (Lipinski definition) is 4. The van der Waals surface area contributed by atoms with E-state index in [9.17, 15) is 5.11 Å². The highest BCUT2D eigenvalue weighted by Crippen LogP contribution is 2.29. The molecule has 22 heavy (non-hydrogen) atoms. The molecule has 1 aliphatic rings. The maximum absolute atomic E-state index is 10.2. The maximum Gasteiger partial charge on any atom is 0.124 e. The van der Waals surface area contributed by atoms with Gasteiger partial charge in [-0.2, -0.15) is 0 Å². The lowest BCUT2D eigenvalue weighted by Gasteiger charge is -2.25. The third-order valence-corrected chi connectivity index (χ3v) is 3.67. The van der Waals surface area contributed by atoms with Crippen molar-refractivity contribution in [1.82, 2.24) is 10.6 Å². The Morgan fingerprint density at radius 2 is 1.91 bits per heavy atom. The molecule has 5 heteroatoms. The third kappa shape index (κ3) is 4.13. The zero-order chi connectivity index (χ0) is 14.5. The Hall–Kier alpha value is -1.75. The highest BCUT2D eigenvalue weighted by Gasteiger charge is 2.17. The van der Waals surface area contributed by atoms with Gasteiger partial charge >= 0.3 is 0 Å². The zero-order valence-electron chi connectivity index (χ0n) is 12.3. The molecule has 0 aliphatic carbocycles. The van der Waals surface area contributed by atoms with Gasteiger partial charge in [-0.15, -0.1) is 12.4 Å². The van der Waals surface area contributed by atoms with E-state index in [0.717, 1.165) is 30.8 Å². The molecule has 1 heterocycles. The van der Waals surface area contributed by atoms with Crippen LogP contribution in [0.5, 0.6) is 11.5 Å². The summed E-state index contributed by atoms with van der Waals surface area (Å²) in [6.45, 7) is 3.21. The molecule has 0 radical (unpaired) electrons. The number of hydrogen-bond donors (Lipinski definition) is 3. The number of halogens is 1. The summed E-state index contributed by atoms with van der Waals surface area (Å²) in [5.74, 6) is 0.964. The number of aromatic hydroxyl groups is 1. The van der Waals surface area contributed by atoms with Crippen LogP contribution in [-0.2, 0) is 6.61 Å². The molecule has 0 bridgehead atoms. The van der Waals surface area contributed by atoms with Crippen LogP contribution in [0.2, 0.25) is 0 Å². The quantitative estimate of drug-likeness (QED) is 0.810. The second-order valence-electron chi connectivity index (χ2n) is 5.21. The second-order valence-corrected chi connectivity index (χ2v) is 5.21. The first kappa shape index (κ1) is 16.6. The lowest BCUT2D eigenvalue weighted by Crippen LogP contribution is -2.42. The summed E-state index contributed by atoms with van der Waals surface area (Å²) in [5.41, 5.74) is 2.02. The SMILES string of the molecule is Cl.Oc1cc(OCc2ccccc2)ccc1[C@H]1CNCCN1. The van der Waals surface area contributed by atoms with Crippen LogP contribution < -0.4 is 15.4 Å². The van der Waals surface area contributed by atoms with E-state index < -0.39 is 0 Å². The van der Waals surface area contributed by atoms with Crippen LogP contribution in [0, 0.1) is 0 Å². The first-order chi connectivity index (χ1) is 10.3. The standard InChI is InChI=1S/C17H20N2O2.ClH/c20-17-10-14(21-12-13-4-2-1-3-5-13)6-7-15(17)16-11-18-8-9-19-16;/h1-7,10,16,18-20H,8-9,11-12H2;1H/t16-;/m1./s1. The normalized spacial score (nSPS) is 17.5. The molecule has 0 saturated carbocycles. The predicted octanol–water partition coefficient (Wildman–Crippen LogP) is 2.63. The predicted molar refractivity (Wildman–Crippen MR) is 89.7 cm³/mol. The summed E-state index contributed by atoms with van der Waals surface area (Å²) < 4.78 is 5.72. The van der Waals surface area contributed by atoms with Crippen LogP contribution in [0.25, 0.3) is 0 Å². The van der Waals surface area contributed by atoms with Crippen LogP contribution in [0.1, 0.15) is 17.2 Å². The van der Waals surface area contributed by atoms with E-state index in [1.54, 1.807) is 6.07 Å². The fraction of sp³-hybridized carbons (Fsp3) is 0.294. The number of piperazine rings is 1. The van der Waals surface area contributed by atoms with Gasteiger partial charge in [-0.3, -0.25) is 0 Å². The maximum atomic E-state index is 10.2. The van der Waals surface area contributed by atoms with Gasteiger partial charge in [0.15, 0.2) is 0 Å². The number of rotatable bonds is 4. The Morgan fingerprint density at radius 3 is 2.59 bits per heavy atom. The summed E-state index contributed by atoms with van der Waals surface area (Å²) in [7, 11) is 0. The average Bonchev–Trinajstić information content (AvgIpc) is 2.55. The lowest BCUT2D eigenvalue weighted by molar-refractivity contribution is 0.303. The molecule has 2 aromatic carbocycles. The van der Waals surface area contributed by atoms with E-state index in [1.807, 2.05) is 42.5 Å². The van der Waals surface area contributed by atoms with Gasteiger partial charge in [0.2, 0.25) is 0 Å². The number of nitrogens with one attached hydrogen (secondary N) is 2. The van der Waals surface area contributed by atoms with Crippen LogP contribution in [0.4, 0.5) is 0 Å². The molecule has 4 nitrogen and oxygen atoms in total. The Labute approximate surface area is 136 Å². The second kappa shape index (κ2) is 8.03. The monoisotopic (exact) mass is 320 g/mol. The zero-order valence-corrected chi connectivity index (χ0v) is 13.1. The van der Waals surface area contributed by atoms with E-state index >= 15 is 0 Å². The minimum absolute atomic E-state index is 0. The molecule has 0 spiro atoms. The molecule has 0 unspecified atom stereocenters. The molecule has 0 amide bonds. The van der Waals surface area contributed by atoms with E-state index in [-0.39, 0.29) is 24.2 Å². The Bertz CT molecular complexity index is 586. The summed E-state index contributed by atoms with van der Waals surface area (Å²) in [4.78, 5) is 0. The van der Waals surface area contributed by atoms with Crippen molar-refractivity contribution < 1.29 is 9.84 Å². The Morgan fingerprint density at radius 1 is 1.09 bits per heavy atom. The van der Waals surface area contributed by atoms with Gasteiger partial charge in [0.25, 0.3) is 0 Å². The van der Waals surface area contributed by atoms with Crippen molar-refractivity contribution in [3.05, 3.63) is 59.7 Å². The molecular weight excluding hydrogens is 300 g/mol. The van der Waals surface area contributed by atoms with E-state index in [2.05, 4.69) is 10.6 Å². The molecule has 3 rings (SSSR count). The molecule has 1 aliphatic heterocycles. The van der Waals surface area contributed by atoms with Gasteiger partial charge in [0.05, 0.1) is 0 Å². The largest absolute Gasteiger partial charge is 0.507 e. The minimum Gasteiger partial charge on any atom is -0.507 e. The molecule has 3 N–H and O–H groups in total. The van der Waals surface area contributed by atoms with Gasteiger partial charge in [-0.25, -0.2) is 0 Å². The first-order valence-electron chi connectivity index (χ1n) is 7.26. The lowest BCUT2D eigenvalue weighted by atomic mass is 10.0. The van der Waals surface area contributed by atoms with Crippen molar-refractivity contribution in [2.45, 2.75) is 12.6 Å². The van der Waals surface area contributed by atoms with E-state index in [0.29, 0.717) is 12.4 Å². The van der Waals surface area contributed by atoms with Crippen LogP contribution in [-0.4, -0.2) is 24.7 Å². The van der Waals surface area contributed by atoms with Gasteiger partial charge in [0, 0.05) is 37.3 Å². The summed E-state index contributed by atoms with van der Waals surface area (Å²) >= 11 is 0. The highest BCUT2D eigenvalue weighted by atomic mass is 35.5. The topological polar surface area (TPSA) is 53.5 Å². The van der Waals surface area contributed by atoms with Crippen LogP contribution in [0.3, 0.4) is 0 Å². The molecule has 2 aromatic rings. The summed E-state index contributed by atoms with van der Waals surface area (Å²) in [6.07, 6.45) is 0.